The Balaban J connectivity index is 2.07. The molecule has 1 aliphatic heterocycles. The molecular formula is C16H28N2. The van der Waals surface area contributed by atoms with Gasteiger partial charge in [0.15, 0.2) is 0 Å². The van der Waals surface area contributed by atoms with Gasteiger partial charge >= 0.3 is 0 Å². The molecule has 0 radical (unpaired) electrons. The summed E-state index contributed by atoms with van der Waals surface area (Å²) in [7, 11) is 0. The molecule has 1 aliphatic carbocycles. The van der Waals surface area contributed by atoms with Crippen LogP contribution < -0.4 is 5.32 Å². The molecule has 2 bridgehead atoms. The second-order valence-electron chi connectivity index (χ2n) is 6.94. The van der Waals surface area contributed by atoms with E-state index in [1.54, 1.807) is 0 Å². The van der Waals surface area contributed by atoms with Crippen LogP contribution in [0.1, 0.15) is 47.0 Å². The lowest BCUT2D eigenvalue weighted by molar-refractivity contribution is 0.0228. The van der Waals surface area contributed by atoms with Crippen molar-refractivity contribution in [3.05, 3.63) is 0 Å². The Hall–Kier alpha value is -0.520. The van der Waals surface area contributed by atoms with Gasteiger partial charge in [-0.2, -0.15) is 0 Å². The summed E-state index contributed by atoms with van der Waals surface area (Å²) in [5, 5.41) is 3.74. The summed E-state index contributed by atoms with van der Waals surface area (Å²) >= 11 is 0. The predicted octanol–water partition coefficient (Wildman–Crippen LogP) is 2.50. The van der Waals surface area contributed by atoms with Gasteiger partial charge in [0.05, 0.1) is 5.54 Å². The van der Waals surface area contributed by atoms with Crippen molar-refractivity contribution in [2.75, 3.05) is 13.1 Å². The summed E-state index contributed by atoms with van der Waals surface area (Å²) < 4.78 is 0. The quantitative estimate of drug-likeness (QED) is 0.772. The largest absolute Gasteiger partial charge is 0.300 e. The average molecular weight is 248 g/mol. The number of likely N-dealkylation sites (tertiary alicyclic amines) is 1. The van der Waals surface area contributed by atoms with E-state index in [0.717, 1.165) is 11.8 Å². The average Bonchev–Trinajstić information content (AvgIpc) is 2.27. The fourth-order valence-electron chi connectivity index (χ4n) is 3.59. The van der Waals surface area contributed by atoms with Crippen LogP contribution in [0.15, 0.2) is 0 Å². The summed E-state index contributed by atoms with van der Waals surface area (Å²) in [6, 6.07) is 1.30. The molecule has 1 N–H and O–H groups in total. The lowest BCUT2D eigenvalue weighted by Crippen LogP contribution is -2.61. The standard InChI is InChI=1S/C16H28N2/c1-6-16(4,5)17-15-13-8-7-9-14(15)11-18(10-13)12(2)3/h1,12-15,17H,7-11H2,2-5H3. The minimum Gasteiger partial charge on any atom is -0.300 e. The van der Waals surface area contributed by atoms with Crippen molar-refractivity contribution in [1.29, 1.82) is 0 Å². The van der Waals surface area contributed by atoms with E-state index < -0.39 is 0 Å². The number of hydrogen-bond donors (Lipinski definition) is 1. The molecule has 0 spiro atoms. The van der Waals surface area contributed by atoms with Crippen LogP contribution >= 0.6 is 0 Å². The van der Waals surface area contributed by atoms with E-state index in [9.17, 15) is 0 Å². The third kappa shape index (κ3) is 2.90. The maximum absolute atomic E-state index is 5.63. The van der Waals surface area contributed by atoms with E-state index >= 15 is 0 Å². The molecule has 2 aliphatic rings. The maximum atomic E-state index is 5.63. The normalized spacial score (nSPS) is 33.4. The van der Waals surface area contributed by atoms with E-state index in [4.69, 9.17) is 6.42 Å². The minimum absolute atomic E-state index is 0.168. The molecule has 2 atom stereocenters. The van der Waals surface area contributed by atoms with Crippen molar-refractivity contribution >= 4 is 0 Å². The van der Waals surface area contributed by atoms with Gasteiger partial charge in [0.25, 0.3) is 0 Å². The summed E-state index contributed by atoms with van der Waals surface area (Å²) in [5.41, 5.74) is -0.168. The highest BCUT2D eigenvalue weighted by Gasteiger charge is 2.41. The highest BCUT2D eigenvalue weighted by molar-refractivity contribution is 5.10. The number of nitrogens with zero attached hydrogens (tertiary/aromatic N) is 1. The maximum Gasteiger partial charge on any atom is 0.0743 e. The van der Waals surface area contributed by atoms with E-state index in [-0.39, 0.29) is 5.54 Å². The minimum atomic E-state index is -0.168. The van der Waals surface area contributed by atoms with Crippen LogP contribution in [-0.4, -0.2) is 35.6 Å². The van der Waals surface area contributed by atoms with Crippen molar-refractivity contribution in [3.63, 3.8) is 0 Å². The summed E-state index contributed by atoms with van der Waals surface area (Å²) in [6.07, 6.45) is 9.74. The summed E-state index contributed by atoms with van der Waals surface area (Å²) in [4.78, 5) is 2.65. The monoisotopic (exact) mass is 248 g/mol. The van der Waals surface area contributed by atoms with Crippen molar-refractivity contribution in [2.24, 2.45) is 11.8 Å². The number of hydrogen-bond acceptors (Lipinski definition) is 2. The van der Waals surface area contributed by atoms with Gasteiger partial charge in [-0.1, -0.05) is 12.3 Å². The molecule has 1 saturated heterocycles. The summed E-state index contributed by atoms with van der Waals surface area (Å²) in [5.74, 6) is 4.46. The molecule has 102 valence electrons. The van der Waals surface area contributed by atoms with Gasteiger partial charge in [-0.05, 0) is 52.4 Å². The Kier molecular flexibility index (Phi) is 4.04. The van der Waals surface area contributed by atoms with Crippen LogP contribution in [0.3, 0.4) is 0 Å². The first-order chi connectivity index (χ1) is 8.43. The van der Waals surface area contributed by atoms with Gasteiger partial charge < -0.3 is 4.90 Å². The molecule has 0 aromatic rings. The zero-order chi connectivity index (χ0) is 13.3. The van der Waals surface area contributed by atoms with Crippen LogP contribution in [0.5, 0.6) is 0 Å². The van der Waals surface area contributed by atoms with Gasteiger partial charge in [-0.25, -0.2) is 0 Å². The van der Waals surface area contributed by atoms with E-state index in [1.807, 2.05) is 0 Å². The van der Waals surface area contributed by atoms with E-state index in [2.05, 4.69) is 43.8 Å². The van der Waals surface area contributed by atoms with Gasteiger partial charge in [-0.3, -0.25) is 5.32 Å². The Labute approximate surface area is 113 Å². The van der Waals surface area contributed by atoms with Crippen molar-refractivity contribution in [2.45, 2.75) is 64.6 Å². The first-order valence-corrected chi connectivity index (χ1v) is 7.42. The zero-order valence-electron chi connectivity index (χ0n) is 12.4. The third-order valence-corrected chi connectivity index (χ3v) is 4.72. The molecule has 1 saturated carbocycles. The molecule has 0 aromatic carbocycles. The number of piperidine rings is 1. The number of fused-ring (bicyclic) bond motifs is 2. The molecule has 0 amide bonds. The van der Waals surface area contributed by atoms with Gasteiger partial charge in [-0.15, -0.1) is 6.42 Å². The van der Waals surface area contributed by atoms with Gasteiger partial charge in [0.1, 0.15) is 0 Å². The number of nitrogens with one attached hydrogen (secondary N) is 1. The van der Waals surface area contributed by atoms with E-state index in [1.165, 1.54) is 32.4 Å². The lowest BCUT2D eigenvalue weighted by atomic mass is 9.72. The Morgan fingerprint density at radius 2 is 1.78 bits per heavy atom. The van der Waals surface area contributed by atoms with Crippen molar-refractivity contribution < 1.29 is 0 Å². The SMILES string of the molecule is C#CC(C)(C)NC1C2CCCC1CN(C(C)C)C2. The molecule has 2 fully saturated rings. The fourth-order valence-corrected chi connectivity index (χ4v) is 3.59. The smallest absolute Gasteiger partial charge is 0.0743 e. The molecule has 2 heteroatoms. The number of terminal acetylenes is 1. The second-order valence-corrected chi connectivity index (χ2v) is 6.94. The van der Waals surface area contributed by atoms with Crippen molar-refractivity contribution in [1.82, 2.24) is 10.2 Å². The van der Waals surface area contributed by atoms with E-state index in [0.29, 0.717) is 12.1 Å². The molecule has 0 aromatic heterocycles. The second kappa shape index (κ2) is 5.23. The zero-order valence-corrected chi connectivity index (χ0v) is 12.4. The van der Waals surface area contributed by atoms with Crippen LogP contribution in [-0.2, 0) is 0 Å². The third-order valence-electron chi connectivity index (χ3n) is 4.72. The Bertz CT molecular complexity index is 312. The van der Waals surface area contributed by atoms with Crippen LogP contribution in [0.4, 0.5) is 0 Å². The van der Waals surface area contributed by atoms with Crippen LogP contribution in [0.2, 0.25) is 0 Å². The van der Waals surface area contributed by atoms with Gasteiger partial charge in [0, 0.05) is 25.2 Å². The molecule has 2 rings (SSSR count). The first-order valence-electron chi connectivity index (χ1n) is 7.42. The fraction of sp³-hybridized carbons (Fsp3) is 0.875. The van der Waals surface area contributed by atoms with Crippen LogP contribution in [0, 0.1) is 24.2 Å². The van der Waals surface area contributed by atoms with Crippen LogP contribution in [0.25, 0.3) is 0 Å². The Morgan fingerprint density at radius 3 is 2.22 bits per heavy atom. The first kappa shape index (κ1) is 13.9. The molecular weight excluding hydrogens is 220 g/mol. The highest BCUT2D eigenvalue weighted by atomic mass is 15.2. The topological polar surface area (TPSA) is 15.3 Å². The van der Waals surface area contributed by atoms with Gasteiger partial charge in [0.2, 0.25) is 0 Å². The van der Waals surface area contributed by atoms with Crippen molar-refractivity contribution in [3.8, 4) is 12.3 Å². The lowest BCUT2D eigenvalue weighted by Gasteiger charge is -2.50. The Morgan fingerprint density at radius 1 is 1.22 bits per heavy atom. The highest BCUT2D eigenvalue weighted by Crippen LogP contribution is 2.36. The molecule has 2 nitrogen and oxygen atoms in total. The predicted molar refractivity (Wildman–Crippen MR) is 77.4 cm³/mol. The molecule has 1 heterocycles. The summed E-state index contributed by atoms with van der Waals surface area (Å²) in [6.45, 7) is 11.4. The molecule has 2 unspecified atom stereocenters. The number of rotatable bonds is 3. The molecule has 18 heavy (non-hydrogen) atoms.